The second-order valence-corrected chi connectivity index (χ2v) is 7.85. The summed E-state index contributed by atoms with van der Waals surface area (Å²) in [7, 11) is 0. The first-order valence-corrected chi connectivity index (χ1v) is 10.2. The molecule has 0 saturated carbocycles. The van der Waals surface area contributed by atoms with Crippen LogP contribution < -0.4 is 20.9 Å². The number of amides is 3. The standard InChI is InChI=1S/C25H26FN3O3/c1-17(23(30)28-29-24(31)27-21-11-7-10-20(26)16-21)32-22-14-12-19(13-15-22)25(2,3)18-8-5-4-6-9-18/h4-17H,1-3H3,(H,28,30)(H2,27,29,31)/t17-/m1/s1. The van der Waals surface area contributed by atoms with Gasteiger partial charge in [-0.15, -0.1) is 0 Å². The lowest BCUT2D eigenvalue weighted by Gasteiger charge is -2.26. The lowest BCUT2D eigenvalue weighted by molar-refractivity contribution is -0.127. The van der Waals surface area contributed by atoms with Gasteiger partial charge in [0.25, 0.3) is 5.91 Å². The summed E-state index contributed by atoms with van der Waals surface area (Å²) in [6.07, 6.45) is -0.850. The second kappa shape index (κ2) is 9.96. The third kappa shape index (κ3) is 5.85. The molecule has 0 aromatic heterocycles. The van der Waals surface area contributed by atoms with Crippen LogP contribution in [-0.2, 0) is 10.2 Å². The summed E-state index contributed by atoms with van der Waals surface area (Å²) in [5, 5.41) is 2.41. The molecule has 0 aliphatic heterocycles. The summed E-state index contributed by atoms with van der Waals surface area (Å²) in [6.45, 7) is 5.87. The van der Waals surface area contributed by atoms with Crippen LogP contribution >= 0.6 is 0 Å². The maximum absolute atomic E-state index is 13.2. The third-order valence-electron chi connectivity index (χ3n) is 5.14. The quantitative estimate of drug-likeness (QED) is 0.488. The van der Waals surface area contributed by atoms with Gasteiger partial charge in [0, 0.05) is 11.1 Å². The zero-order chi connectivity index (χ0) is 23.1. The van der Waals surface area contributed by atoms with Crippen molar-refractivity contribution in [2.24, 2.45) is 0 Å². The van der Waals surface area contributed by atoms with E-state index < -0.39 is 23.9 Å². The number of urea groups is 1. The zero-order valence-electron chi connectivity index (χ0n) is 18.2. The maximum Gasteiger partial charge on any atom is 0.337 e. The minimum absolute atomic E-state index is 0.179. The Morgan fingerprint density at radius 3 is 2.19 bits per heavy atom. The third-order valence-corrected chi connectivity index (χ3v) is 5.14. The predicted octanol–water partition coefficient (Wildman–Crippen LogP) is 4.77. The van der Waals surface area contributed by atoms with Gasteiger partial charge in [-0.3, -0.25) is 10.2 Å². The Morgan fingerprint density at radius 1 is 0.875 bits per heavy atom. The number of anilines is 1. The topological polar surface area (TPSA) is 79.5 Å². The molecule has 0 unspecified atom stereocenters. The summed E-state index contributed by atoms with van der Waals surface area (Å²) >= 11 is 0. The number of ether oxygens (including phenoxy) is 1. The molecule has 1 atom stereocenters. The Morgan fingerprint density at radius 2 is 1.53 bits per heavy atom. The average molecular weight is 435 g/mol. The SMILES string of the molecule is C[C@@H](Oc1ccc(C(C)(C)c2ccccc2)cc1)C(=O)NNC(=O)Nc1cccc(F)c1. The van der Waals surface area contributed by atoms with Crippen LogP contribution in [0, 0.1) is 5.82 Å². The van der Waals surface area contributed by atoms with Crippen LogP contribution in [0.1, 0.15) is 31.9 Å². The van der Waals surface area contributed by atoms with Crippen molar-refractivity contribution in [3.8, 4) is 5.75 Å². The van der Waals surface area contributed by atoms with E-state index in [2.05, 4.69) is 42.1 Å². The molecule has 166 valence electrons. The van der Waals surface area contributed by atoms with E-state index in [4.69, 9.17) is 4.74 Å². The van der Waals surface area contributed by atoms with Crippen molar-refractivity contribution in [3.05, 3.63) is 95.8 Å². The number of halogens is 1. The second-order valence-electron chi connectivity index (χ2n) is 7.85. The van der Waals surface area contributed by atoms with Gasteiger partial charge in [-0.1, -0.05) is 62.4 Å². The van der Waals surface area contributed by atoms with E-state index in [9.17, 15) is 14.0 Å². The van der Waals surface area contributed by atoms with E-state index in [0.29, 0.717) is 5.75 Å². The molecule has 0 saturated heterocycles. The van der Waals surface area contributed by atoms with Gasteiger partial charge >= 0.3 is 6.03 Å². The molecule has 3 N–H and O–H groups in total. The lowest BCUT2D eigenvalue weighted by Crippen LogP contribution is -2.48. The average Bonchev–Trinajstić information content (AvgIpc) is 2.78. The lowest BCUT2D eigenvalue weighted by atomic mass is 9.78. The molecule has 0 heterocycles. The van der Waals surface area contributed by atoms with Gasteiger partial charge in [-0.25, -0.2) is 14.6 Å². The number of hydrazine groups is 1. The molecule has 3 rings (SSSR count). The minimum atomic E-state index is -0.850. The molecule has 0 radical (unpaired) electrons. The number of rotatable bonds is 6. The van der Waals surface area contributed by atoms with Gasteiger partial charge < -0.3 is 10.1 Å². The molecule has 7 heteroatoms. The molecule has 3 aromatic carbocycles. The van der Waals surface area contributed by atoms with Crippen LogP contribution in [0.15, 0.2) is 78.9 Å². The fourth-order valence-corrected chi connectivity index (χ4v) is 3.18. The minimum Gasteiger partial charge on any atom is -0.481 e. The van der Waals surface area contributed by atoms with Crippen LogP contribution in [0.2, 0.25) is 0 Å². The van der Waals surface area contributed by atoms with Crippen molar-refractivity contribution in [3.63, 3.8) is 0 Å². The van der Waals surface area contributed by atoms with Gasteiger partial charge in [0.05, 0.1) is 0 Å². The first kappa shape index (κ1) is 22.8. The van der Waals surface area contributed by atoms with E-state index in [1.54, 1.807) is 6.92 Å². The van der Waals surface area contributed by atoms with Crippen molar-refractivity contribution >= 4 is 17.6 Å². The summed E-state index contributed by atoms with van der Waals surface area (Å²) in [5.41, 5.74) is 6.88. The van der Waals surface area contributed by atoms with Gasteiger partial charge in [0.2, 0.25) is 0 Å². The molecule has 0 bridgehead atoms. The fourth-order valence-electron chi connectivity index (χ4n) is 3.18. The van der Waals surface area contributed by atoms with Crippen LogP contribution in [0.3, 0.4) is 0 Å². The summed E-state index contributed by atoms with van der Waals surface area (Å²) in [6, 6.07) is 22.5. The van der Waals surface area contributed by atoms with Crippen molar-refractivity contribution in [1.82, 2.24) is 10.9 Å². The highest BCUT2D eigenvalue weighted by molar-refractivity contribution is 5.91. The number of hydrogen-bond donors (Lipinski definition) is 3. The monoisotopic (exact) mass is 435 g/mol. The molecular weight excluding hydrogens is 409 g/mol. The van der Waals surface area contributed by atoms with Crippen molar-refractivity contribution in [2.45, 2.75) is 32.3 Å². The van der Waals surface area contributed by atoms with Gasteiger partial charge in [-0.05, 0) is 48.4 Å². The molecular formula is C25H26FN3O3. The van der Waals surface area contributed by atoms with Crippen LogP contribution in [-0.4, -0.2) is 18.0 Å². The highest BCUT2D eigenvalue weighted by Crippen LogP contribution is 2.32. The van der Waals surface area contributed by atoms with Crippen molar-refractivity contribution in [2.75, 3.05) is 5.32 Å². The fraction of sp³-hybridized carbons (Fsp3) is 0.200. The summed E-state index contributed by atoms with van der Waals surface area (Å²) in [4.78, 5) is 24.1. The van der Waals surface area contributed by atoms with E-state index in [-0.39, 0.29) is 11.1 Å². The normalized spacial score (nSPS) is 11.9. The van der Waals surface area contributed by atoms with E-state index >= 15 is 0 Å². The van der Waals surface area contributed by atoms with Crippen molar-refractivity contribution in [1.29, 1.82) is 0 Å². The van der Waals surface area contributed by atoms with Gasteiger partial charge in [-0.2, -0.15) is 0 Å². The first-order valence-electron chi connectivity index (χ1n) is 10.2. The Balaban J connectivity index is 1.52. The molecule has 32 heavy (non-hydrogen) atoms. The Kier molecular flexibility index (Phi) is 7.10. The number of nitrogens with one attached hydrogen (secondary N) is 3. The highest BCUT2D eigenvalue weighted by atomic mass is 19.1. The van der Waals surface area contributed by atoms with Crippen LogP contribution in [0.25, 0.3) is 0 Å². The molecule has 3 aromatic rings. The molecule has 0 fully saturated rings. The first-order chi connectivity index (χ1) is 15.3. The molecule has 0 spiro atoms. The molecule has 6 nitrogen and oxygen atoms in total. The van der Waals surface area contributed by atoms with Gasteiger partial charge in [0.15, 0.2) is 6.10 Å². The summed E-state index contributed by atoms with van der Waals surface area (Å²) in [5.74, 6) is -0.482. The smallest absolute Gasteiger partial charge is 0.337 e. The van der Waals surface area contributed by atoms with Gasteiger partial charge in [0.1, 0.15) is 11.6 Å². The van der Waals surface area contributed by atoms with E-state index in [1.165, 1.54) is 23.8 Å². The van der Waals surface area contributed by atoms with Crippen molar-refractivity contribution < 1.29 is 18.7 Å². The van der Waals surface area contributed by atoms with E-state index in [0.717, 1.165) is 11.6 Å². The van der Waals surface area contributed by atoms with E-state index in [1.807, 2.05) is 42.5 Å². The largest absolute Gasteiger partial charge is 0.481 e. The zero-order valence-corrected chi connectivity index (χ0v) is 18.2. The van der Waals surface area contributed by atoms with Crippen LogP contribution in [0.5, 0.6) is 5.75 Å². The number of carbonyl (C=O) groups excluding carboxylic acids is 2. The molecule has 0 aliphatic carbocycles. The Bertz CT molecular complexity index is 1070. The number of carbonyl (C=O) groups is 2. The number of benzene rings is 3. The number of hydrogen-bond acceptors (Lipinski definition) is 3. The maximum atomic E-state index is 13.2. The summed E-state index contributed by atoms with van der Waals surface area (Å²) < 4.78 is 18.8. The predicted molar refractivity (Wildman–Crippen MR) is 122 cm³/mol. The molecule has 3 amide bonds. The highest BCUT2D eigenvalue weighted by Gasteiger charge is 2.23. The molecule has 0 aliphatic rings. The Labute approximate surface area is 186 Å². The Hall–Kier alpha value is -3.87. The van der Waals surface area contributed by atoms with Crippen LogP contribution in [0.4, 0.5) is 14.9 Å².